The molecule has 0 aliphatic heterocycles. The van der Waals surface area contributed by atoms with E-state index >= 15 is 0 Å². The van der Waals surface area contributed by atoms with Gasteiger partial charge in [0.15, 0.2) is 0 Å². The fraction of sp³-hybridized carbons (Fsp3) is 0.200. The molecule has 0 aliphatic carbocycles. The van der Waals surface area contributed by atoms with Crippen molar-refractivity contribution in [2.75, 3.05) is 12.3 Å². The Balaban J connectivity index is 1.96. The maximum atomic E-state index is 13.4. The number of pyridine rings is 1. The van der Waals surface area contributed by atoms with Crippen molar-refractivity contribution in [2.45, 2.75) is 13.3 Å². The second-order valence-corrected chi connectivity index (χ2v) is 4.50. The highest BCUT2D eigenvalue weighted by Gasteiger charge is 2.10. The van der Waals surface area contributed by atoms with Gasteiger partial charge in [0.1, 0.15) is 5.82 Å². The molecule has 1 amide bonds. The quantitative estimate of drug-likeness (QED) is 0.896. The molecule has 104 valence electrons. The first kappa shape index (κ1) is 14.0. The van der Waals surface area contributed by atoms with E-state index in [0.717, 1.165) is 0 Å². The zero-order chi connectivity index (χ0) is 14.5. The van der Waals surface area contributed by atoms with Crippen LogP contribution in [0, 0.1) is 12.7 Å². The molecule has 0 unspecified atom stereocenters. The van der Waals surface area contributed by atoms with Crippen LogP contribution < -0.4 is 11.1 Å². The number of halogens is 1. The second kappa shape index (κ2) is 6.14. The van der Waals surface area contributed by atoms with Gasteiger partial charge < -0.3 is 11.1 Å². The summed E-state index contributed by atoms with van der Waals surface area (Å²) < 4.78 is 13.4. The summed E-state index contributed by atoms with van der Waals surface area (Å²) in [5, 5.41) is 2.74. The van der Waals surface area contributed by atoms with Crippen LogP contribution in [0.1, 0.15) is 21.6 Å². The number of hydrogen-bond acceptors (Lipinski definition) is 3. The van der Waals surface area contributed by atoms with Gasteiger partial charge in [-0.25, -0.2) is 4.39 Å². The van der Waals surface area contributed by atoms with E-state index in [1.165, 1.54) is 12.3 Å². The fourth-order valence-corrected chi connectivity index (χ4v) is 1.89. The van der Waals surface area contributed by atoms with Crippen LogP contribution in [0.25, 0.3) is 0 Å². The van der Waals surface area contributed by atoms with Gasteiger partial charge >= 0.3 is 0 Å². The summed E-state index contributed by atoms with van der Waals surface area (Å²) in [6, 6.07) is 8.10. The number of aryl methyl sites for hydroxylation is 1. The number of carbonyl (C=O) groups is 1. The van der Waals surface area contributed by atoms with E-state index in [1.54, 1.807) is 31.2 Å². The summed E-state index contributed by atoms with van der Waals surface area (Å²) >= 11 is 0. The van der Waals surface area contributed by atoms with Gasteiger partial charge in [-0.3, -0.25) is 9.78 Å². The Hall–Kier alpha value is -2.43. The van der Waals surface area contributed by atoms with Crippen LogP contribution in [0.4, 0.5) is 10.1 Å². The van der Waals surface area contributed by atoms with E-state index in [-0.39, 0.29) is 11.7 Å². The van der Waals surface area contributed by atoms with E-state index in [0.29, 0.717) is 35.5 Å². The molecule has 1 aromatic carbocycles. The monoisotopic (exact) mass is 273 g/mol. The Morgan fingerprint density at radius 2 is 2.15 bits per heavy atom. The molecule has 2 rings (SSSR count). The first-order valence-electron chi connectivity index (χ1n) is 6.31. The number of nitrogens with two attached hydrogens (primary N) is 1. The highest BCUT2D eigenvalue weighted by molar-refractivity contribution is 5.95. The van der Waals surface area contributed by atoms with Crippen LogP contribution in [-0.2, 0) is 6.42 Å². The molecule has 1 heterocycles. The number of carbonyl (C=O) groups excluding carboxylic acids is 1. The largest absolute Gasteiger partial charge is 0.397 e. The number of amides is 1. The molecular weight excluding hydrogens is 257 g/mol. The van der Waals surface area contributed by atoms with E-state index in [1.807, 2.05) is 0 Å². The summed E-state index contributed by atoms with van der Waals surface area (Å²) in [6.45, 7) is 2.10. The van der Waals surface area contributed by atoms with E-state index in [9.17, 15) is 9.18 Å². The van der Waals surface area contributed by atoms with Crippen molar-refractivity contribution in [2.24, 2.45) is 0 Å². The van der Waals surface area contributed by atoms with Crippen molar-refractivity contribution in [1.82, 2.24) is 10.3 Å². The summed E-state index contributed by atoms with van der Waals surface area (Å²) in [5.41, 5.74) is 7.69. The molecule has 4 nitrogen and oxygen atoms in total. The molecule has 0 saturated heterocycles. The zero-order valence-electron chi connectivity index (χ0n) is 11.2. The number of anilines is 1. The van der Waals surface area contributed by atoms with Crippen LogP contribution in [-0.4, -0.2) is 17.4 Å². The third kappa shape index (κ3) is 3.32. The number of benzene rings is 1. The van der Waals surface area contributed by atoms with E-state index in [4.69, 9.17) is 5.73 Å². The predicted molar refractivity (Wildman–Crippen MR) is 75.8 cm³/mol. The molecule has 0 aliphatic rings. The van der Waals surface area contributed by atoms with Crippen LogP contribution in [0.5, 0.6) is 0 Å². The molecular formula is C15H16FN3O. The number of nitrogen functional groups attached to an aromatic ring is 1. The molecule has 0 fully saturated rings. The highest BCUT2D eigenvalue weighted by atomic mass is 19.1. The minimum atomic E-state index is -0.261. The molecule has 0 bridgehead atoms. The lowest BCUT2D eigenvalue weighted by molar-refractivity contribution is 0.0953. The Bertz CT molecular complexity index is 628. The normalized spacial score (nSPS) is 10.3. The Kier molecular flexibility index (Phi) is 4.30. The lowest BCUT2D eigenvalue weighted by Gasteiger charge is -2.08. The minimum absolute atomic E-state index is 0.251. The number of nitrogens with one attached hydrogen (secondary N) is 1. The summed E-state index contributed by atoms with van der Waals surface area (Å²) in [4.78, 5) is 16.0. The maximum Gasteiger partial charge on any atom is 0.253 e. The first-order valence-corrected chi connectivity index (χ1v) is 6.31. The lowest BCUT2D eigenvalue weighted by atomic mass is 10.1. The average Bonchev–Trinajstić information content (AvgIpc) is 2.43. The van der Waals surface area contributed by atoms with E-state index in [2.05, 4.69) is 10.3 Å². The van der Waals surface area contributed by atoms with Crippen molar-refractivity contribution >= 4 is 11.6 Å². The Morgan fingerprint density at radius 3 is 2.90 bits per heavy atom. The van der Waals surface area contributed by atoms with Gasteiger partial charge in [0, 0.05) is 6.54 Å². The third-order valence-electron chi connectivity index (χ3n) is 2.99. The third-order valence-corrected chi connectivity index (χ3v) is 2.99. The molecule has 3 N–H and O–H groups in total. The highest BCUT2D eigenvalue weighted by Crippen LogP contribution is 2.10. The van der Waals surface area contributed by atoms with Crippen molar-refractivity contribution in [3.05, 3.63) is 59.2 Å². The SMILES string of the molecule is Cc1ncc(N)cc1C(=O)NCCc1ccccc1F. The maximum absolute atomic E-state index is 13.4. The van der Waals surface area contributed by atoms with Crippen LogP contribution in [0.2, 0.25) is 0 Å². The summed E-state index contributed by atoms with van der Waals surface area (Å²) in [6.07, 6.45) is 1.94. The number of rotatable bonds is 4. The summed E-state index contributed by atoms with van der Waals surface area (Å²) in [7, 11) is 0. The lowest BCUT2D eigenvalue weighted by Crippen LogP contribution is -2.27. The smallest absolute Gasteiger partial charge is 0.253 e. The fourth-order valence-electron chi connectivity index (χ4n) is 1.89. The standard InChI is InChI=1S/C15H16FN3O/c1-10-13(8-12(17)9-19-10)15(20)18-7-6-11-4-2-3-5-14(11)16/h2-5,8-9H,6-7,17H2,1H3,(H,18,20). The van der Waals surface area contributed by atoms with Crippen LogP contribution in [0.3, 0.4) is 0 Å². The zero-order valence-corrected chi connectivity index (χ0v) is 11.2. The number of hydrogen-bond donors (Lipinski definition) is 2. The molecule has 0 atom stereocenters. The second-order valence-electron chi connectivity index (χ2n) is 4.50. The van der Waals surface area contributed by atoms with Gasteiger partial charge in [0.05, 0.1) is 23.1 Å². The first-order chi connectivity index (χ1) is 9.58. The topological polar surface area (TPSA) is 68.0 Å². The van der Waals surface area contributed by atoms with Crippen LogP contribution >= 0.6 is 0 Å². The van der Waals surface area contributed by atoms with Crippen LogP contribution in [0.15, 0.2) is 36.5 Å². The van der Waals surface area contributed by atoms with Crippen molar-refractivity contribution < 1.29 is 9.18 Å². The van der Waals surface area contributed by atoms with Gasteiger partial charge in [0.25, 0.3) is 5.91 Å². The molecule has 0 radical (unpaired) electrons. The van der Waals surface area contributed by atoms with Gasteiger partial charge in [-0.05, 0) is 31.0 Å². The van der Waals surface area contributed by atoms with Gasteiger partial charge in [-0.2, -0.15) is 0 Å². The minimum Gasteiger partial charge on any atom is -0.397 e. The van der Waals surface area contributed by atoms with Gasteiger partial charge in [0.2, 0.25) is 0 Å². The van der Waals surface area contributed by atoms with Crippen molar-refractivity contribution in [1.29, 1.82) is 0 Å². The number of aromatic nitrogens is 1. The molecule has 5 heteroatoms. The molecule has 20 heavy (non-hydrogen) atoms. The van der Waals surface area contributed by atoms with E-state index < -0.39 is 0 Å². The average molecular weight is 273 g/mol. The summed E-state index contributed by atoms with van der Waals surface area (Å²) in [5.74, 6) is -0.512. The molecule has 1 aromatic heterocycles. The Morgan fingerprint density at radius 1 is 1.40 bits per heavy atom. The van der Waals surface area contributed by atoms with Gasteiger partial charge in [-0.1, -0.05) is 18.2 Å². The Labute approximate surface area is 116 Å². The van der Waals surface area contributed by atoms with Gasteiger partial charge in [-0.15, -0.1) is 0 Å². The van der Waals surface area contributed by atoms with Crippen molar-refractivity contribution in [3.8, 4) is 0 Å². The molecule has 0 spiro atoms. The molecule has 2 aromatic rings. The predicted octanol–water partition coefficient (Wildman–Crippen LogP) is 2.08. The molecule has 0 saturated carbocycles. The van der Waals surface area contributed by atoms with Crippen molar-refractivity contribution in [3.63, 3.8) is 0 Å². The number of nitrogens with zero attached hydrogens (tertiary/aromatic N) is 1.